The van der Waals surface area contributed by atoms with Crippen LogP contribution in [0.25, 0.3) is 16.9 Å². The maximum absolute atomic E-state index is 12.4. The van der Waals surface area contributed by atoms with Crippen LogP contribution in [0.2, 0.25) is 0 Å². The molecule has 164 valence electrons. The molecule has 0 saturated carbocycles. The molecule has 0 saturated heterocycles. The summed E-state index contributed by atoms with van der Waals surface area (Å²) in [5, 5.41) is 8.22. The van der Waals surface area contributed by atoms with Crippen molar-refractivity contribution >= 4 is 19.6 Å². The minimum Gasteiger partial charge on any atom is -0.493 e. The van der Waals surface area contributed by atoms with Crippen molar-refractivity contribution in [3.63, 3.8) is 0 Å². The van der Waals surface area contributed by atoms with Gasteiger partial charge in [0.25, 0.3) is 0 Å². The summed E-state index contributed by atoms with van der Waals surface area (Å²) >= 11 is 1.40. The number of quaternary nitrogens is 2. The number of methoxy groups -OCH3 is 1. The van der Waals surface area contributed by atoms with Gasteiger partial charge >= 0.3 is 7.82 Å². The molecule has 1 aliphatic rings. The second-order valence-corrected chi connectivity index (χ2v) is 8.52. The molecular weight excluding hydrogens is 449 g/mol. The zero-order valence-corrected chi connectivity index (χ0v) is 18.4. The van der Waals surface area contributed by atoms with Crippen LogP contribution in [0, 0.1) is 0 Å². The molecular formula is C17H20N5O7PS+2. The maximum Gasteiger partial charge on any atom is 0.624 e. The smallest absolute Gasteiger partial charge is 0.493 e. The number of aromatic nitrogens is 3. The first-order chi connectivity index (χ1) is 15.0. The largest absolute Gasteiger partial charge is 0.624 e. The molecule has 2 aromatic carbocycles. The number of thioether (sulfide) groups is 1. The highest BCUT2D eigenvalue weighted by Crippen LogP contribution is 2.48. The first kappa shape index (κ1) is 21.4. The van der Waals surface area contributed by atoms with E-state index in [0.717, 1.165) is 0 Å². The minimum atomic E-state index is -3.95. The Bertz CT molecular complexity index is 1150. The van der Waals surface area contributed by atoms with Gasteiger partial charge in [-0.05, 0) is 18.4 Å². The van der Waals surface area contributed by atoms with Crippen molar-refractivity contribution in [1.82, 2.24) is 15.0 Å². The summed E-state index contributed by atoms with van der Waals surface area (Å²) in [5.74, 6) is 8.12. The predicted molar refractivity (Wildman–Crippen MR) is 107 cm³/mol. The molecule has 0 radical (unpaired) electrons. The highest BCUT2D eigenvalue weighted by Gasteiger charge is 2.33. The van der Waals surface area contributed by atoms with E-state index in [4.69, 9.17) is 18.7 Å². The van der Waals surface area contributed by atoms with Crippen LogP contribution in [-0.2, 0) is 13.8 Å². The van der Waals surface area contributed by atoms with Crippen molar-refractivity contribution in [2.75, 3.05) is 20.2 Å². The van der Waals surface area contributed by atoms with Crippen LogP contribution in [0.3, 0.4) is 0 Å². The summed E-state index contributed by atoms with van der Waals surface area (Å²) in [4.78, 5) is 0.710. The maximum atomic E-state index is 12.4. The summed E-state index contributed by atoms with van der Waals surface area (Å²) in [7, 11) is -2.41. The molecule has 1 aromatic heterocycles. The van der Waals surface area contributed by atoms with Gasteiger partial charge in [-0.15, -0.1) is 16.9 Å². The van der Waals surface area contributed by atoms with E-state index in [1.54, 1.807) is 36.2 Å². The molecule has 3 aromatic rings. The van der Waals surface area contributed by atoms with Crippen LogP contribution in [0.15, 0.2) is 41.4 Å². The fourth-order valence-corrected chi connectivity index (χ4v) is 4.12. The number of benzene rings is 2. The second kappa shape index (κ2) is 8.75. The quantitative estimate of drug-likeness (QED) is 0.279. The minimum absolute atomic E-state index is 0.110. The molecule has 1 aliphatic heterocycles. The van der Waals surface area contributed by atoms with Gasteiger partial charge in [-0.2, -0.15) is 11.8 Å². The standard InChI is InChI=1S/C17H20N5O7PS/c1-24-14-6-11(7-15-17(14)26-9-25-15)22-12(8-20-21-22)10-3-4-16(31-2)13(5-10)27-30(23,28-18)29-19/h3-8H,9H2,1-2,18-19H3/q+2. The Balaban J connectivity index is 1.77. The van der Waals surface area contributed by atoms with Gasteiger partial charge in [0.1, 0.15) is 5.75 Å². The third kappa shape index (κ3) is 4.06. The lowest BCUT2D eigenvalue weighted by atomic mass is 10.1. The Morgan fingerprint density at radius 3 is 2.68 bits per heavy atom. The van der Waals surface area contributed by atoms with E-state index in [-0.39, 0.29) is 12.5 Å². The third-order valence-electron chi connectivity index (χ3n) is 4.42. The fraction of sp³-hybridized carbons (Fsp3) is 0.176. The predicted octanol–water partition coefficient (Wildman–Crippen LogP) is 1.23. The van der Waals surface area contributed by atoms with Crippen molar-refractivity contribution in [3.05, 3.63) is 36.5 Å². The van der Waals surface area contributed by atoms with Crippen LogP contribution in [0.4, 0.5) is 0 Å². The number of nitrogens with zero attached hydrogens (tertiary/aromatic N) is 3. The van der Waals surface area contributed by atoms with Crippen LogP contribution in [-0.4, -0.2) is 35.2 Å². The number of hydrogen-bond acceptors (Lipinski definition) is 10. The molecule has 0 bridgehead atoms. The zero-order valence-electron chi connectivity index (χ0n) is 16.6. The van der Waals surface area contributed by atoms with E-state index in [1.165, 1.54) is 11.8 Å². The highest BCUT2D eigenvalue weighted by atomic mass is 32.2. The number of ether oxygens (including phenoxy) is 3. The molecule has 0 amide bonds. The van der Waals surface area contributed by atoms with E-state index in [1.807, 2.05) is 18.4 Å². The fourth-order valence-electron chi connectivity index (χ4n) is 2.98. The van der Waals surface area contributed by atoms with Gasteiger partial charge in [-0.3, -0.25) is 0 Å². The molecule has 0 aliphatic carbocycles. The van der Waals surface area contributed by atoms with E-state index >= 15 is 0 Å². The van der Waals surface area contributed by atoms with Gasteiger partial charge in [0, 0.05) is 22.6 Å². The van der Waals surface area contributed by atoms with Crippen molar-refractivity contribution in [2.45, 2.75) is 4.90 Å². The Morgan fingerprint density at radius 2 is 1.97 bits per heavy atom. The molecule has 0 fully saturated rings. The van der Waals surface area contributed by atoms with E-state index in [9.17, 15) is 4.57 Å². The molecule has 2 heterocycles. The molecule has 14 heteroatoms. The lowest BCUT2D eigenvalue weighted by molar-refractivity contribution is -0.682. The van der Waals surface area contributed by atoms with Crippen molar-refractivity contribution < 1.29 is 44.3 Å². The first-order valence-corrected chi connectivity index (χ1v) is 11.4. The van der Waals surface area contributed by atoms with Gasteiger partial charge < -0.3 is 18.7 Å². The highest BCUT2D eigenvalue weighted by molar-refractivity contribution is 7.98. The number of hydrogen-bond donors (Lipinski definition) is 2. The summed E-state index contributed by atoms with van der Waals surface area (Å²) in [6, 6.07) is 8.89. The molecule has 12 nitrogen and oxygen atoms in total. The third-order valence-corrected chi connectivity index (χ3v) is 6.25. The molecule has 0 unspecified atom stereocenters. The average Bonchev–Trinajstić information content (AvgIpc) is 3.47. The molecule has 4 rings (SSSR count). The SMILES string of the molecule is COc1cc(-n2nncc2-c2ccc(SC)c(OP(=O)(O[NH3+])O[NH3+])c2)cc2c1OCO2. The summed E-state index contributed by atoms with van der Waals surface area (Å²) in [6.45, 7) is 0.110. The molecule has 0 spiro atoms. The van der Waals surface area contributed by atoms with E-state index in [2.05, 4.69) is 31.4 Å². The Morgan fingerprint density at radius 1 is 1.16 bits per heavy atom. The van der Waals surface area contributed by atoms with Crippen molar-refractivity contribution in [2.24, 2.45) is 0 Å². The lowest BCUT2D eigenvalue weighted by Gasteiger charge is -2.14. The zero-order chi connectivity index (χ0) is 22.0. The van der Waals surface area contributed by atoms with Crippen molar-refractivity contribution in [3.8, 4) is 39.9 Å². The summed E-state index contributed by atoms with van der Waals surface area (Å²) < 4.78 is 45.0. The van der Waals surface area contributed by atoms with Gasteiger partial charge in [0.2, 0.25) is 12.5 Å². The van der Waals surface area contributed by atoms with Gasteiger partial charge in [-0.25, -0.2) is 9.25 Å². The van der Waals surface area contributed by atoms with Crippen LogP contribution >= 0.6 is 19.6 Å². The second-order valence-electron chi connectivity index (χ2n) is 6.08. The molecule has 6 N–H and O–H groups in total. The Kier molecular flexibility index (Phi) is 6.05. The van der Waals surface area contributed by atoms with Crippen molar-refractivity contribution in [1.29, 1.82) is 0 Å². The van der Waals surface area contributed by atoms with E-state index in [0.29, 0.717) is 39.1 Å². The Hall–Kier alpha value is -2.80. The first-order valence-electron chi connectivity index (χ1n) is 8.76. The topological polar surface area (TPSA) is 158 Å². The van der Waals surface area contributed by atoms with Gasteiger partial charge in [0.05, 0.1) is 24.7 Å². The summed E-state index contributed by atoms with van der Waals surface area (Å²) in [5.41, 5.74) is 1.98. The Labute approximate surface area is 180 Å². The normalized spacial score (nSPS) is 12.8. The number of fused-ring (bicyclic) bond motifs is 1. The average molecular weight is 469 g/mol. The lowest BCUT2D eigenvalue weighted by Crippen LogP contribution is -2.54. The monoisotopic (exact) mass is 469 g/mol. The van der Waals surface area contributed by atoms with Crippen LogP contribution in [0.1, 0.15) is 0 Å². The van der Waals surface area contributed by atoms with Gasteiger partial charge in [0.15, 0.2) is 11.5 Å². The molecule has 0 atom stereocenters. The van der Waals surface area contributed by atoms with Crippen LogP contribution < -0.4 is 30.5 Å². The summed E-state index contributed by atoms with van der Waals surface area (Å²) in [6.07, 6.45) is 3.44. The van der Waals surface area contributed by atoms with E-state index < -0.39 is 7.82 Å². The van der Waals surface area contributed by atoms with Crippen LogP contribution in [0.5, 0.6) is 23.0 Å². The molecule has 31 heavy (non-hydrogen) atoms. The number of rotatable bonds is 8. The van der Waals surface area contributed by atoms with Gasteiger partial charge in [-0.1, -0.05) is 20.5 Å². The number of phosphoric acid groups is 1.